The molecule has 0 unspecified atom stereocenters. The number of piperazine rings is 1. The van der Waals surface area contributed by atoms with Gasteiger partial charge in [-0.15, -0.1) is 0 Å². The molecule has 0 bridgehead atoms. The maximum absolute atomic E-state index is 13.2. The molecule has 1 fully saturated rings. The Balaban J connectivity index is 1.64. The summed E-state index contributed by atoms with van der Waals surface area (Å²) in [5.41, 5.74) is 2.36. The fourth-order valence-corrected chi connectivity index (χ4v) is 3.92. The largest absolute Gasteiger partial charge is 0.368 e. The standard InChI is InChI=1S/C22H21FN4OS/c1-15(28)19-21(24-20(25-22(19)29)16-5-3-2-4-6-16)27-13-11-26(12-14-27)18-9-7-17(23)8-10-18/h2-10H,11-14H2,1H3,(H,24,25,29). The van der Waals surface area contributed by atoms with E-state index in [2.05, 4.69) is 19.8 Å². The third kappa shape index (κ3) is 4.05. The van der Waals surface area contributed by atoms with E-state index in [0.717, 1.165) is 30.2 Å². The number of halogens is 1. The van der Waals surface area contributed by atoms with Gasteiger partial charge in [0.15, 0.2) is 5.78 Å². The first-order chi connectivity index (χ1) is 14.0. The van der Waals surface area contributed by atoms with Crippen molar-refractivity contribution in [1.82, 2.24) is 9.97 Å². The number of Topliss-reactive ketones (excluding diaryl/α,β-unsaturated/α-hetero) is 1. The highest BCUT2D eigenvalue weighted by Gasteiger charge is 2.23. The van der Waals surface area contributed by atoms with E-state index in [-0.39, 0.29) is 11.6 Å². The number of benzene rings is 2. The van der Waals surface area contributed by atoms with Crippen LogP contribution in [0, 0.1) is 10.5 Å². The topological polar surface area (TPSA) is 52.2 Å². The zero-order valence-corrected chi connectivity index (χ0v) is 16.9. The van der Waals surface area contributed by atoms with Crippen molar-refractivity contribution in [3.8, 4) is 11.4 Å². The molecular weight excluding hydrogens is 387 g/mol. The molecule has 1 aromatic heterocycles. The van der Waals surface area contributed by atoms with Crippen LogP contribution in [0.5, 0.6) is 0 Å². The van der Waals surface area contributed by atoms with Gasteiger partial charge in [-0.3, -0.25) is 4.79 Å². The summed E-state index contributed by atoms with van der Waals surface area (Å²) in [5.74, 6) is 1.03. The minimum Gasteiger partial charge on any atom is -0.368 e. The number of hydrogen-bond acceptors (Lipinski definition) is 5. The molecule has 1 aliphatic heterocycles. The minimum atomic E-state index is -0.240. The van der Waals surface area contributed by atoms with Gasteiger partial charge in [0.1, 0.15) is 22.1 Å². The number of nitrogens with zero attached hydrogens (tertiary/aromatic N) is 3. The molecule has 5 nitrogen and oxygen atoms in total. The van der Waals surface area contributed by atoms with Crippen molar-refractivity contribution in [2.75, 3.05) is 36.0 Å². The number of anilines is 2. The van der Waals surface area contributed by atoms with Crippen LogP contribution < -0.4 is 9.80 Å². The van der Waals surface area contributed by atoms with Gasteiger partial charge in [0.25, 0.3) is 0 Å². The lowest BCUT2D eigenvalue weighted by Gasteiger charge is -2.37. The molecule has 0 saturated carbocycles. The third-order valence-electron chi connectivity index (χ3n) is 5.09. The molecule has 7 heteroatoms. The monoisotopic (exact) mass is 408 g/mol. The van der Waals surface area contributed by atoms with Gasteiger partial charge in [-0.25, -0.2) is 9.37 Å². The van der Waals surface area contributed by atoms with E-state index in [0.29, 0.717) is 29.1 Å². The zero-order valence-electron chi connectivity index (χ0n) is 16.1. The molecule has 1 aliphatic rings. The summed E-state index contributed by atoms with van der Waals surface area (Å²) >= 11 is 5.46. The SMILES string of the molecule is CC(=O)c1c(N2CCN(c3ccc(F)cc3)CC2)[nH]c(-c2ccccc2)nc1=S. The average molecular weight is 409 g/mol. The molecule has 0 radical (unpaired) electrons. The number of aromatic nitrogens is 2. The highest BCUT2D eigenvalue weighted by molar-refractivity contribution is 7.71. The van der Waals surface area contributed by atoms with E-state index in [4.69, 9.17) is 12.2 Å². The summed E-state index contributed by atoms with van der Waals surface area (Å²) in [6.45, 7) is 4.45. The molecule has 0 atom stereocenters. The van der Waals surface area contributed by atoms with Crippen molar-refractivity contribution >= 4 is 29.5 Å². The van der Waals surface area contributed by atoms with Crippen LogP contribution in [0.25, 0.3) is 11.4 Å². The molecule has 1 saturated heterocycles. The Morgan fingerprint density at radius 2 is 1.62 bits per heavy atom. The predicted octanol–water partition coefficient (Wildman–Crippen LogP) is 4.47. The van der Waals surface area contributed by atoms with Gasteiger partial charge >= 0.3 is 0 Å². The van der Waals surface area contributed by atoms with Crippen molar-refractivity contribution < 1.29 is 9.18 Å². The number of carbonyl (C=O) groups is 1. The van der Waals surface area contributed by atoms with E-state index >= 15 is 0 Å². The molecule has 0 amide bonds. The van der Waals surface area contributed by atoms with Gasteiger partial charge in [-0.2, -0.15) is 0 Å². The molecule has 2 aromatic carbocycles. The number of nitrogens with one attached hydrogen (secondary N) is 1. The zero-order chi connectivity index (χ0) is 20.4. The number of hydrogen-bond donors (Lipinski definition) is 1. The molecule has 148 valence electrons. The molecule has 0 aliphatic carbocycles. The van der Waals surface area contributed by atoms with E-state index in [1.165, 1.54) is 19.1 Å². The maximum Gasteiger partial charge on any atom is 0.166 e. The summed E-state index contributed by atoms with van der Waals surface area (Å²) in [4.78, 5) is 24.4. The van der Waals surface area contributed by atoms with E-state index in [9.17, 15) is 9.18 Å². The molecule has 2 heterocycles. The Morgan fingerprint density at radius 1 is 1.00 bits per heavy atom. The lowest BCUT2D eigenvalue weighted by Crippen LogP contribution is -2.47. The van der Waals surface area contributed by atoms with Crippen LogP contribution in [0.3, 0.4) is 0 Å². The second-order valence-electron chi connectivity index (χ2n) is 6.99. The van der Waals surface area contributed by atoms with Crippen molar-refractivity contribution in [2.45, 2.75) is 6.92 Å². The average Bonchev–Trinajstić information content (AvgIpc) is 2.74. The number of rotatable bonds is 4. The second-order valence-corrected chi connectivity index (χ2v) is 7.37. The van der Waals surface area contributed by atoms with E-state index < -0.39 is 0 Å². The van der Waals surface area contributed by atoms with Gasteiger partial charge < -0.3 is 14.8 Å². The lowest BCUT2D eigenvalue weighted by molar-refractivity contribution is 0.101. The van der Waals surface area contributed by atoms with Crippen LogP contribution in [-0.4, -0.2) is 41.9 Å². The summed E-state index contributed by atoms with van der Waals surface area (Å²) in [5, 5.41) is 0. The smallest absolute Gasteiger partial charge is 0.166 e. The van der Waals surface area contributed by atoms with Crippen LogP contribution in [0.2, 0.25) is 0 Å². The lowest BCUT2D eigenvalue weighted by atomic mass is 10.1. The minimum absolute atomic E-state index is 0.102. The van der Waals surface area contributed by atoms with Gasteiger partial charge in [0.2, 0.25) is 0 Å². The molecule has 1 N–H and O–H groups in total. The molecule has 29 heavy (non-hydrogen) atoms. The van der Waals surface area contributed by atoms with Crippen molar-refractivity contribution in [3.63, 3.8) is 0 Å². The van der Waals surface area contributed by atoms with E-state index in [1.54, 1.807) is 12.1 Å². The van der Waals surface area contributed by atoms with Gasteiger partial charge in [0.05, 0.1) is 5.56 Å². The molecule has 4 rings (SSSR count). The fourth-order valence-electron chi connectivity index (χ4n) is 3.59. The normalized spacial score (nSPS) is 14.1. The third-order valence-corrected chi connectivity index (χ3v) is 5.38. The quantitative estimate of drug-likeness (QED) is 0.510. The van der Waals surface area contributed by atoms with Gasteiger partial charge in [0, 0.05) is 37.4 Å². The van der Waals surface area contributed by atoms with Crippen LogP contribution >= 0.6 is 12.2 Å². The number of ketones is 1. The highest BCUT2D eigenvalue weighted by Crippen LogP contribution is 2.26. The molecule has 0 spiro atoms. The van der Waals surface area contributed by atoms with Crippen LogP contribution in [0.15, 0.2) is 54.6 Å². The van der Waals surface area contributed by atoms with Crippen LogP contribution in [-0.2, 0) is 0 Å². The Bertz CT molecular complexity index is 1070. The van der Waals surface area contributed by atoms with Crippen molar-refractivity contribution in [3.05, 3.63) is 70.6 Å². The predicted molar refractivity (Wildman–Crippen MR) is 116 cm³/mol. The summed E-state index contributed by atoms with van der Waals surface area (Å²) < 4.78 is 13.5. The van der Waals surface area contributed by atoms with Crippen LogP contribution in [0.4, 0.5) is 15.9 Å². The summed E-state index contributed by atoms with van der Waals surface area (Å²) in [6, 6.07) is 16.3. The second kappa shape index (κ2) is 8.13. The van der Waals surface area contributed by atoms with Crippen molar-refractivity contribution in [1.29, 1.82) is 0 Å². The summed E-state index contributed by atoms with van der Waals surface area (Å²) in [6.07, 6.45) is 0. The fraction of sp³-hybridized carbons (Fsp3) is 0.227. The Kier molecular flexibility index (Phi) is 5.40. The molecular formula is C22H21FN4OS. The number of aromatic amines is 1. The molecule has 3 aromatic rings. The first-order valence-corrected chi connectivity index (χ1v) is 9.90. The number of H-pyrrole nitrogens is 1. The van der Waals surface area contributed by atoms with Gasteiger partial charge in [-0.1, -0.05) is 42.5 Å². The summed E-state index contributed by atoms with van der Waals surface area (Å²) in [7, 11) is 0. The Hall–Kier alpha value is -3.06. The van der Waals surface area contributed by atoms with Crippen molar-refractivity contribution in [2.24, 2.45) is 0 Å². The first kappa shape index (κ1) is 19.3. The number of carbonyl (C=O) groups excluding carboxylic acids is 1. The van der Waals surface area contributed by atoms with Gasteiger partial charge in [-0.05, 0) is 31.2 Å². The maximum atomic E-state index is 13.2. The first-order valence-electron chi connectivity index (χ1n) is 9.49. The van der Waals surface area contributed by atoms with E-state index in [1.807, 2.05) is 30.3 Å². The van der Waals surface area contributed by atoms with Crippen LogP contribution in [0.1, 0.15) is 17.3 Å². The highest BCUT2D eigenvalue weighted by atomic mass is 32.1. The Labute approximate surface area is 173 Å². The Morgan fingerprint density at radius 3 is 2.24 bits per heavy atom.